The smallest absolute Gasteiger partial charge is 0.262 e. The Bertz CT molecular complexity index is 1010. The van der Waals surface area contributed by atoms with Crippen molar-refractivity contribution >= 4 is 34.3 Å². The van der Waals surface area contributed by atoms with E-state index in [1.807, 2.05) is 0 Å². The molecule has 3 rings (SSSR count). The first kappa shape index (κ1) is 20.6. The normalized spacial score (nSPS) is 11.1. The van der Waals surface area contributed by atoms with E-state index in [4.69, 9.17) is 21.1 Å². The number of fused-ring (bicyclic) bond motifs is 1. The van der Waals surface area contributed by atoms with Crippen LogP contribution in [-0.4, -0.2) is 35.6 Å². The average molecular weight is 423 g/mol. The van der Waals surface area contributed by atoms with Gasteiger partial charge in [-0.05, 0) is 36.8 Å². The van der Waals surface area contributed by atoms with E-state index in [0.29, 0.717) is 46.4 Å². The average Bonchev–Trinajstić information content (AvgIpc) is 2.68. The van der Waals surface area contributed by atoms with E-state index in [0.717, 1.165) is 0 Å². The number of hydrogen-bond acceptors (Lipinski definition) is 5. The van der Waals surface area contributed by atoms with Crippen molar-refractivity contribution in [3.63, 3.8) is 0 Å². The summed E-state index contributed by atoms with van der Waals surface area (Å²) in [6.07, 6.45) is 0.691. The van der Waals surface area contributed by atoms with Crippen LogP contribution < -0.4 is 10.3 Å². The molecule has 0 radical (unpaired) electrons. The maximum atomic E-state index is 13.6. The fourth-order valence-electron chi connectivity index (χ4n) is 2.69. The van der Waals surface area contributed by atoms with Gasteiger partial charge in [-0.3, -0.25) is 9.36 Å². The van der Waals surface area contributed by atoms with Crippen molar-refractivity contribution in [2.24, 2.45) is 0 Å². The van der Waals surface area contributed by atoms with Crippen LogP contribution in [-0.2, 0) is 11.3 Å². The lowest BCUT2D eigenvalue weighted by Crippen LogP contribution is -2.24. The van der Waals surface area contributed by atoms with E-state index in [-0.39, 0.29) is 17.9 Å². The van der Waals surface area contributed by atoms with Crippen molar-refractivity contribution in [3.8, 4) is 5.75 Å². The Morgan fingerprint density at radius 3 is 2.82 bits per heavy atom. The van der Waals surface area contributed by atoms with Gasteiger partial charge >= 0.3 is 0 Å². The highest BCUT2D eigenvalue weighted by atomic mass is 35.5. The van der Waals surface area contributed by atoms with Crippen molar-refractivity contribution in [2.45, 2.75) is 18.1 Å². The van der Waals surface area contributed by atoms with E-state index in [9.17, 15) is 9.18 Å². The lowest BCUT2D eigenvalue weighted by molar-refractivity contribution is 0.189. The van der Waals surface area contributed by atoms with Crippen LogP contribution in [0.3, 0.4) is 0 Å². The molecule has 0 spiro atoms. The highest BCUT2D eigenvalue weighted by Gasteiger charge is 2.12. The van der Waals surface area contributed by atoms with Crippen molar-refractivity contribution in [3.05, 3.63) is 63.7 Å². The van der Waals surface area contributed by atoms with Crippen LogP contribution in [0, 0.1) is 5.82 Å². The summed E-state index contributed by atoms with van der Waals surface area (Å²) in [4.78, 5) is 17.5. The maximum Gasteiger partial charge on any atom is 0.262 e. The number of hydrogen-bond donors (Lipinski definition) is 0. The molecule has 1 aromatic heterocycles. The summed E-state index contributed by atoms with van der Waals surface area (Å²) in [5.41, 5.74) is 0.438. The number of methoxy groups -OCH3 is 1. The summed E-state index contributed by atoms with van der Waals surface area (Å²) < 4.78 is 25.8. The largest absolute Gasteiger partial charge is 0.490 e. The number of thioether (sulfide) groups is 1. The van der Waals surface area contributed by atoms with Gasteiger partial charge in [0.25, 0.3) is 5.56 Å². The molecular weight excluding hydrogens is 403 g/mol. The Morgan fingerprint density at radius 2 is 2.04 bits per heavy atom. The summed E-state index contributed by atoms with van der Waals surface area (Å²) in [5.74, 6) is 0.318. The lowest BCUT2D eigenvalue weighted by Gasteiger charge is -2.13. The first-order valence-corrected chi connectivity index (χ1v) is 10.2. The van der Waals surface area contributed by atoms with E-state index < -0.39 is 5.82 Å². The Labute approximate surface area is 171 Å². The third-order valence-electron chi connectivity index (χ3n) is 4.02. The number of halogens is 2. The molecule has 0 aliphatic rings. The minimum atomic E-state index is -0.401. The highest BCUT2D eigenvalue weighted by molar-refractivity contribution is 7.99. The van der Waals surface area contributed by atoms with Crippen LogP contribution in [0.2, 0.25) is 5.02 Å². The van der Waals surface area contributed by atoms with Crippen LogP contribution in [0.1, 0.15) is 6.42 Å². The third-order valence-corrected chi connectivity index (χ3v) is 5.20. The third kappa shape index (κ3) is 5.04. The zero-order valence-electron chi connectivity index (χ0n) is 15.4. The minimum absolute atomic E-state index is 0.115. The van der Waals surface area contributed by atoms with Gasteiger partial charge in [0.2, 0.25) is 0 Å². The van der Waals surface area contributed by atoms with E-state index in [1.165, 1.54) is 17.8 Å². The van der Waals surface area contributed by atoms with Crippen LogP contribution in [0.25, 0.3) is 10.9 Å². The molecule has 0 unspecified atom stereocenters. The van der Waals surface area contributed by atoms with Gasteiger partial charge in [0.05, 0.1) is 17.5 Å². The summed E-state index contributed by atoms with van der Waals surface area (Å²) in [5, 5.41) is 1.62. The molecule has 28 heavy (non-hydrogen) atoms. The van der Waals surface area contributed by atoms with Crippen LogP contribution >= 0.6 is 23.4 Å². The predicted molar refractivity (Wildman–Crippen MR) is 110 cm³/mol. The van der Waals surface area contributed by atoms with Crippen LogP contribution in [0.15, 0.2) is 52.4 Å². The highest BCUT2D eigenvalue weighted by Crippen LogP contribution is 2.21. The molecule has 0 bridgehead atoms. The molecule has 0 fully saturated rings. The molecule has 0 saturated carbocycles. The minimum Gasteiger partial charge on any atom is -0.490 e. The van der Waals surface area contributed by atoms with E-state index in [1.54, 1.807) is 48.1 Å². The van der Waals surface area contributed by atoms with Crippen LogP contribution in [0.5, 0.6) is 5.75 Å². The molecule has 0 aliphatic carbocycles. The van der Waals surface area contributed by atoms with Crippen molar-refractivity contribution < 1.29 is 13.9 Å². The Morgan fingerprint density at radius 1 is 1.21 bits per heavy atom. The molecule has 0 N–H and O–H groups in total. The Kier molecular flexibility index (Phi) is 7.30. The molecule has 0 atom stereocenters. The summed E-state index contributed by atoms with van der Waals surface area (Å²) in [6.45, 7) is 1.33. The standard InChI is InChI=1S/C20H20ClFN2O3S/c1-26-10-4-9-24-19(25)15-8-7-14(21)13-17(15)23-20(24)28-12-11-27-18-6-3-2-5-16(18)22/h2-3,5-8,13H,4,9-12H2,1H3. The number of para-hydroxylation sites is 1. The van der Waals surface area contributed by atoms with Crippen molar-refractivity contribution in [1.82, 2.24) is 9.55 Å². The molecule has 1 heterocycles. The van der Waals surface area contributed by atoms with Gasteiger partial charge in [-0.25, -0.2) is 9.37 Å². The van der Waals surface area contributed by atoms with Crippen molar-refractivity contribution in [2.75, 3.05) is 26.1 Å². The second-order valence-corrected chi connectivity index (χ2v) is 7.48. The molecule has 3 aromatic rings. The molecule has 0 saturated heterocycles. The summed E-state index contributed by atoms with van der Waals surface area (Å²) >= 11 is 7.43. The van der Waals surface area contributed by atoms with Gasteiger partial charge in [-0.2, -0.15) is 0 Å². The quantitative estimate of drug-likeness (QED) is 0.290. The molecule has 0 amide bonds. The monoisotopic (exact) mass is 422 g/mol. The SMILES string of the molecule is COCCCn1c(SCCOc2ccccc2F)nc2cc(Cl)ccc2c1=O. The topological polar surface area (TPSA) is 53.4 Å². The van der Waals surface area contributed by atoms with Gasteiger partial charge in [0, 0.05) is 31.0 Å². The van der Waals surface area contributed by atoms with Gasteiger partial charge in [0.1, 0.15) is 0 Å². The molecule has 8 heteroatoms. The predicted octanol–water partition coefficient (Wildman–Crippen LogP) is 4.40. The molecule has 5 nitrogen and oxygen atoms in total. The van der Waals surface area contributed by atoms with Gasteiger partial charge in [-0.1, -0.05) is 35.5 Å². The molecule has 2 aromatic carbocycles. The Balaban J connectivity index is 1.78. The fourth-order valence-corrected chi connectivity index (χ4v) is 3.70. The van der Waals surface area contributed by atoms with Crippen LogP contribution in [0.4, 0.5) is 4.39 Å². The van der Waals surface area contributed by atoms with E-state index >= 15 is 0 Å². The molecular formula is C20H20ClFN2O3S. The maximum absolute atomic E-state index is 13.6. The first-order valence-electron chi connectivity index (χ1n) is 8.79. The van der Waals surface area contributed by atoms with Gasteiger partial charge < -0.3 is 9.47 Å². The zero-order chi connectivity index (χ0) is 19.9. The number of aromatic nitrogens is 2. The number of nitrogens with zero attached hydrogens (tertiary/aromatic N) is 2. The second kappa shape index (κ2) is 9.91. The summed E-state index contributed by atoms with van der Waals surface area (Å²) in [6, 6.07) is 11.3. The van der Waals surface area contributed by atoms with Gasteiger partial charge in [-0.15, -0.1) is 0 Å². The van der Waals surface area contributed by atoms with E-state index in [2.05, 4.69) is 4.98 Å². The molecule has 148 valence electrons. The Hall–Kier alpha value is -2.09. The fraction of sp³-hybridized carbons (Fsp3) is 0.300. The van der Waals surface area contributed by atoms with Gasteiger partial charge in [0.15, 0.2) is 16.7 Å². The molecule has 0 aliphatic heterocycles. The number of rotatable bonds is 9. The summed E-state index contributed by atoms with van der Waals surface area (Å²) in [7, 11) is 1.62. The van der Waals surface area contributed by atoms with Crippen molar-refractivity contribution in [1.29, 1.82) is 0 Å². The number of benzene rings is 2. The first-order chi connectivity index (χ1) is 13.6. The lowest BCUT2D eigenvalue weighted by atomic mass is 10.2. The zero-order valence-corrected chi connectivity index (χ0v) is 16.9. The number of ether oxygens (including phenoxy) is 2. The second-order valence-electron chi connectivity index (χ2n) is 5.99.